The van der Waals surface area contributed by atoms with Crippen molar-refractivity contribution in [2.24, 2.45) is 0 Å². The molecule has 6 aromatic rings. The van der Waals surface area contributed by atoms with E-state index in [1.165, 1.54) is 0 Å². The summed E-state index contributed by atoms with van der Waals surface area (Å²) >= 11 is 0. The third kappa shape index (κ3) is 17.6. The van der Waals surface area contributed by atoms with E-state index < -0.39 is 57.0 Å². The van der Waals surface area contributed by atoms with Gasteiger partial charge >= 0.3 is 0 Å². The molecule has 2 N–H and O–H groups in total. The van der Waals surface area contributed by atoms with Crippen LogP contribution in [0.1, 0.15) is 11.9 Å². The van der Waals surface area contributed by atoms with Crippen molar-refractivity contribution in [3.63, 3.8) is 0 Å². The zero-order valence-electron chi connectivity index (χ0n) is 46.4. The van der Waals surface area contributed by atoms with Crippen LogP contribution in [0.4, 0.5) is 11.4 Å². The van der Waals surface area contributed by atoms with Crippen LogP contribution in [0.25, 0.3) is 21.5 Å². The van der Waals surface area contributed by atoms with Crippen molar-refractivity contribution in [3.05, 3.63) is 139 Å². The molecule has 6 aromatic carbocycles. The van der Waals surface area contributed by atoms with E-state index in [4.69, 9.17) is 56.8 Å². The van der Waals surface area contributed by atoms with Crippen LogP contribution in [0.15, 0.2) is 143 Å². The van der Waals surface area contributed by atoms with Gasteiger partial charge in [-0.05, 0) is 36.4 Å². The third-order valence-corrected chi connectivity index (χ3v) is 16.3. The largest absolute Gasteiger partial charge is 0.462 e. The molecule has 8 rings (SSSR count). The van der Waals surface area contributed by atoms with Gasteiger partial charge in [-0.25, -0.2) is 26.3 Å². The Hall–Kier alpha value is -5.38. The Morgan fingerprint density at radius 3 is 1.36 bits per heavy atom. The van der Waals surface area contributed by atoms with Gasteiger partial charge in [0.15, 0.2) is 6.29 Å². The van der Waals surface area contributed by atoms with E-state index >= 15 is 0 Å². The highest BCUT2D eigenvalue weighted by Gasteiger charge is 2.52. The minimum Gasteiger partial charge on any atom is -0.462 e. The van der Waals surface area contributed by atoms with Crippen molar-refractivity contribution in [2.75, 3.05) is 150 Å². The summed E-state index contributed by atoms with van der Waals surface area (Å²) in [6, 6.07) is 40.8. The highest BCUT2D eigenvalue weighted by molar-refractivity contribution is 7.90. The van der Waals surface area contributed by atoms with Crippen LogP contribution < -0.4 is 24.0 Å². The van der Waals surface area contributed by atoms with E-state index in [0.29, 0.717) is 56.2 Å². The van der Waals surface area contributed by atoms with Crippen LogP contribution >= 0.6 is 0 Å². The summed E-state index contributed by atoms with van der Waals surface area (Å²) in [5.74, 6) is 0.584. The summed E-state index contributed by atoms with van der Waals surface area (Å²) in [5, 5.41) is 3.01. The molecule has 0 amide bonds. The lowest BCUT2D eigenvalue weighted by Crippen LogP contribution is -2.64. The second-order valence-electron chi connectivity index (χ2n) is 19.3. The summed E-state index contributed by atoms with van der Waals surface area (Å²) in [4.78, 5) is 4.35. The van der Waals surface area contributed by atoms with Crippen molar-refractivity contribution < 1.29 is 73.7 Å². The summed E-state index contributed by atoms with van der Waals surface area (Å²) in [5.41, 5.74) is 2.72. The summed E-state index contributed by atoms with van der Waals surface area (Å²) in [6.45, 7) is 3.97. The van der Waals surface area contributed by atoms with Gasteiger partial charge in [-0.1, -0.05) is 97.1 Å². The number of benzene rings is 6. The Bertz CT molecular complexity index is 3070. The van der Waals surface area contributed by atoms with Gasteiger partial charge < -0.3 is 66.6 Å². The molecule has 22 heteroatoms. The lowest BCUT2D eigenvalue weighted by atomic mass is 9.97. The third-order valence-electron chi connectivity index (χ3n) is 13.3. The Kier molecular flexibility index (Phi) is 23.9. The van der Waals surface area contributed by atoms with Gasteiger partial charge in [0.25, 0.3) is 0 Å². The highest BCUT2D eigenvalue weighted by Crippen LogP contribution is 2.38. The van der Waals surface area contributed by atoms with E-state index in [-0.39, 0.29) is 82.3 Å². The van der Waals surface area contributed by atoms with Crippen LogP contribution in [-0.4, -0.2) is 188 Å². The molecule has 20 nitrogen and oxygen atoms in total. The quantitative estimate of drug-likeness (QED) is 0.0426. The van der Waals surface area contributed by atoms with Crippen molar-refractivity contribution in [2.45, 2.75) is 46.8 Å². The topological polar surface area (TPSA) is 210 Å². The molecule has 0 aromatic heterocycles. The molecule has 440 valence electrons. The minimum absolute atomic E-state index is 0.105. The monoisotopic (exact) mass is 1160 g/mol. The zero-order valence-corrected chi connectivity index (χ0v) is 48.1. The first-order chi connectivity index (χ1) is 39.4. The van der Waals surface area contributed by atoms with E-state index in [9.17, 15) is 16.8 Å². The molecule has 81 heavy (non-hydrogen) atoms. The van der Waals surface area contributed by atoms with Crippen LogP contribution in [0.5, 0.6) is 5.75 Å². The molecule has 1 unspecified atom stereocenters. The number of fused-ring (bicyclic) bond motifs is 3. The first kappa shape index (κ1) is 61.7. The summed E-state index contributed by atoms with van der Waals surface area (Å²) in [7, 11) is 0.146. The maximum Gasteiger partial charge on any atom is 0.241 e. The fourth-order valence-corrected chi connectivity index (χ4v) is 11.9. The molecule has 2 fully saturated rings. The first-order valence-electron chi connectivity index (χ1n) is 27.2. The fraction of sp³-hybridized carbons (Fsp3) is 0.458. The van der Waals surface area contributed by atoms with Crippen molar-refractivity contribution in [1.82, 2.24) is 9.44 Å². The molecular weight excluding hydrogens is 1080 g/mol. The first-order valence-corrected chi connectivity index (χ1v) is 30.1. The average molecular weight is 1160 g/mol. The predicted octanol–water partition coefficient (Wildman–Crippen LogP) is 6.17. The van der Waals surface area contributed by atoms with Gasteiger partial charge in [-0.2, -0.15) is 0 Å². The highest BCUT2D eigenvalue weighted by atomic mass is 32.2. The van der Waals surface area contributed by atoms with Crippen molar-refractivity contribution in [1.29, 1.82) is 0 Å². The van der Waals surface area contributed by atoms with Crippen LogP contribution in [0.2, 0.25) is 0 Å². The lowest BCUT2D eigenvalue weighted by molar-refractivity contribution is -0.360. The van der Waals surface area contributed by atoms with Gasteiger partial charge in [-0.3, -0.25) is 0 Å². The molecule has 0 radical (unpaired) electrons. The Morgan fingerprint density at radius 2 is 0.877 bits per heavy atom. The molecule has 6 atom stereocenters. The molecule has 2 aliphatic heterocycles. The smallest absolute Gasteiger partial charge is 0.241 e. The second kappa shape index (κ2) is 31.3. The van der Waals surface area contributed by atoms with Crippen molar-refractivity contribution >= 4 is 53.0 Å². The Morgan fingerprint density at radius 1 is 0.457 bits per heavy atom. The maximum absolute atomic E-state index is 13.2. The number of para-hydroxylation sites is 1. The number of anilines is 2. The molecule has 2 aliphatic rings. The normalized spacial score (nSPS) is 19.4. The number of nitrogens with zero attached hydrogens (tertiary/aromatic N) is 2. The Labute approximate surface area is 475 Å². The molecule has 0 saturated carbocycles. The van der Waals surface area contributed by atoms with E-state index in [1.807, 2.05) is 147 Å². The molecule has 2 heterocycles. The number of rotatable bonds is 35. The number of ether oxygens (including phenoxy) is 12. The standard InChI is InChI=1S/C59H76N4O16S2/c1-62(2)50-23-11-21-48-46(50)19-13-25-53(48)80(64,65)60-27-29-68-31-33-70-35-37-72-39-41-74-56-55-52(43-76-58(79-55)44-15-7-5-8-16-44)78-59(77-45-17-9-6-10-18-45)57(56)75-42-40-73-38-36-71-34-32-69-30-28-61-81(66,67)54-26-14-20-47-49(54)22-12-24-51(47)63(3)4/h5-26,52,55-61H,27-43H2,1-4H3/t52-,55-,56+,57-,58?,59-/m1/s1. The summed E-state index contributed by atoms with van der Waals surface area (Å²) in [6.07, 6.45) is -4.15. The molecule has 2 saturated heterocycles. The van der Waals surface area contributed by atoms with Gasteiger partial charge in [-0.15, -0.1) is 0 Å². The SMILES string of the molecule is CN(C)c1cccc2c(S(=O)(=O)NCCOCCOCCOCCO[C@@H]3[C@@H](OCCOCCOCCOCCNS(=O)(=O)c4cccc5c(N(C)C)cccc45)[C@H](Oc4ccccc4)O[C@@H]4COC(c5ccccc5)O[C@@H]34)cccc12. The number of hydrogen-bond donors (Lipinski definition) is 2. The molecular formula is C59H76N4O16S2. The van der Waals surface area contributed by atoms with Crippen LogP contribution in [0.3, 0.4) is 0 Å². The number of sulfonamides is 2. The summed E-state index contributed by atoms with van der Waals surface area (Å²) < 4.78 is 132. The van der Waals surface area contributed by atoms with Gasteiger partial charge in [0.05, 0.1) is 109 Å². The van der Waals surface area contributed by atoms with Gasteiger partial charge in [0.1, 0.15) is 30.2 Å². The van der Waals surface area contributed by atoms with Gasteiger partial charge in [0.2, 0.25) is 26.3 Å². The molecule has 0 bridgehead atoms. The van der Waals surface area contributed by atoms with E-state index in [0.717, 1.165) is 27.7 Å². The molecule has 0 spiro atoms. The van der Waals surface area contributed by atoms with Crippen molar-refractivity contribution in [3.8, 4) is 5.75 Å². The van der Waals surface area contributed by atoms with E-state index in [2.05, 4.69) is 9.44 Å². The number of nitrogens with one attached hydrogen (secondary N) is 2. The number of hydrogen-bond acceptors (Lipinski definition) is 18. The minimum atomic E-state index is -3.78. The van der Waals surface area contributed by atoms with Gasteiger partial charge in [0, 0.05) is 79.8 Å². The molecule has 0 aliphatic carbocycles. The van der Waals surface area contributed by atoms with E-state index in [1.54, 1.807) is 24.3 Å². The predicted molar refractivity (Wildman–Crippen MR) is 307 cm³/mol. The fourth-order valence-electron chi connectivity index (χ4n) is 9.42. The van der Waals surface area contributed by atoms with Crippen LogP contribution in [-0.2, 0) is 72.2 Å². The Balaban J connectivity index is 0.746. The lowest BCUT2D eigenvalue weighted by Gasteiger charge is -2.48. The maximum atomic E-state index is 13.2. The van der Waals surface area contributed by atoms with Crippen LogP contribution in [0, 0.1) is 0 Å². The zero-order chi connectivity index (χ0) is 56.9. The average Bonchev–Trinajstić information content (AvgIpc) is 3.57. The second-order valence-corrected chi connectivity index (χ2v) is 22.8.